The van der Waals surface area contributed by atoms with Crippen LogP contribution >= 0.6 is 0 Å². The molecule has 0 N–H and O–H groups in total. The molecule has 0 saturated heterocycles. The van der Waals surface area contributed by atoms with E-state index in [2.05, 4.69) is 99.6 Å². The molecule has 0 atom stereocenters. The molecule has 7 rings (SSSR count). The number of pyridine rings is 1. The molecule has 2 heterocycles. The predicted molar refractivity (Wildman–Crippen MR) is 137 cm³/mol. The van der Waals surface area contributed by atoms with Crippen molar-refractivity contribution in [3.05, 3.63) is 102 Å². The fraction of sp³-hybridized carbons (Fsp3) is 0.129. The molecule has 6 aromatic rings. The first kappa shape index (κ1) is 18.6. The summed E-state index contributed by atoms with van der Waals surface area (Å²) in [6.07, 6.45) is 0. The fourth-order valence-corrected chi connectivity index (χ4v) is 5.63. The quantitative estimate of drug-likeness (QED) is 0.264. The zero-order chi connectivity index (χ0) is 22.3. The maximum Gasteiger partial charge on any atom is 0.136 e. The van der Waals surface area contributed by atoms with Gasteiger partial charge in [-0.2, -0.15) is 0 Å². The third-order valence-corrected chi connectivity index (χ3v) is 7.36. The molecule has 0 bridgehead atoms. The molecule has 0 aliphatic heterocycles. The Hall–Kier alpha value is -3.91. The Labute approximate surface area is 192 Å². The van der Waals surface area contributed by atoms with E-state index < -0.39 is 0 Å². The second-order valence-electron chi connectivity index (χ2n) is 9.72. The van der Waals surface area contributed by atoms with Crippen molar-refractivity contribution < 1.29 is 4.42 Å². The summed E-state index contributed by atoms with van der Waals surface area (Å²) < 4.78 is 6.42. The molecule has 4 aromatic carbocycles. The van der Waals surface area contributed by atoms with Gasteiger partial charge in [-0.05, 0) is 71.1 Å². The van der Waals surface area contributed by atoms with E-state index in [1.165, 1.54) is 38.6 Å². The molecule has 0 spiro atoms. The standard InChI is InChI=1S/C31H23NO/c1-18-14-19-8-4-7-11-27(19)32-30(18)20-12-13-22-24-16-26-23(17-29(24)33-28(22)15-20)21-9-5-6-10-25(21)31(26,2)3/h4-17H,1-3H3. The lowest BCUT2D eigenvalue weighted by Crippen LogP contribution is -2.14. The monoisotopic (exact) mass is 425 g/mol. The number of nitrogens with zero attached hydrogens (tertiary/aromatic N) is 1. The molecule has 0 unspecified atom stereocenters. The SMILES string of the molecule is Cc1cc2ccccc2nc1-c1ccc2c(c1)oc1cc3c(cc12)C(C)(C)c1ccccc1-3. The summed E-state index contributed by atoms with van der Waals surface area (Å²) in [6, 6.07) is 30.3. The van der Waals surface area contributed by atoms with Crippen molar-refractivity contribution in [2.75, 3.05) is 0 Å². The van der Waals surface area contributed by atoms with Crippen LogP contribution in [0.25, 0.3) is 55.2 Å². The van der Waals surface area contributed by atoms with Crippen molar-refractivity contribution in [2.45, 2.75) is 26.2 Å². The van der Waals surface area contributed by atoms with E-state index >= 15 is 0 Å². The van der Waals surface area contributed by atoms with Crippen LogP contribution in [0, 0.1) is 6.92 Å². The molecule has 0 amide bonds. The summed E-state index contributed by atoms with van der Waals surface area (Å²) in [5.41, 5.74) is 11.5. The Morgan fingerprint density at radius 1 is 0.697 bits per heavy atom. The average molecular weight is 426 g/mol. The Kier molecular flexibility index (Phi) is 3.57. The Morgan fingerprint density at radius 3 is 2.39 bits per heavy atom. The topological polar surface area (TPSA) is 26.0 Å². The van der Waals surface area contributed by atoms with E-state index in [1.54, 1.807) is 0 Å². The molecule has 1 aliphatic rings. The molecule has 2 nitrogen and oxygen atoms in total. The minimum Gasteiger partial charge on any atom is -0.456 e. The van der Waals surface area contributed by atoms with Crippen LogP contribution in [0.4, 0.5) is 0 Å². The van der Waals surface area contributed by atoms with Gasteiger partial charge in [0.2, 0.25) is 0 Å². The van der Waals surface area contributed by atoms with Crippen LogP contribution in [-0.2, 0) is 5.41 Å². The van der Waals surface area contributed by atoms with Crippen LogP contribution in [0.1, 0.15) is 30.5 Å². The fourth-order valence-electron chi connectivity index (χ4n) is 5.63. The Bertz CT molecular complexity index is 1750. The average Bonchev–Trinajstić information content (AvgIpc) is 3.29. The van der Waals surface area contributed by atoms with Gasteiger partial charge in [0.25, 0.3) is 0 Å². The van der Waals surface area contributed by atoms with Crippen LogP contribution in [0.15, 0.2) is 89.3 Å². The highest BCUT2D eigenvalue weighted by Crippen LogP contribution is 2.50. The molecule has 2 heteroatoms. The Balaban J connectivity index is 1.44. The molecular weight excluding hydrogens is 402 g/mol. The van der Waals surface area contributed by atoms with E-state index in [0.29, 0.717) is 0 Å². The zero-order valence-electron chi connectivity index (χ0n) is 18.9. The predicted octanol–water partition coefficient (Wildman–Crippen LogP) is 8.42. The summed E-state index contributed by atoms with van der Waals surface area (Å²) in [4.78, 5) is 4.96. The van der Waals surface area contributed by atoms with E-state index in [9.17, 15) is 0 Å². The first-order valence-electron chi connectivity index (χ1n) is 11.5. The number of hydrogen-bond donors (Lipinski definition) is 0. The molecule has 2 aromatic heterocycles. The van der Waals surface area contributed by atoms with Crippen LogP contribution in [0.3, 0.4) is 0 Å². The normalized spacial score (nSPS) is 14.2. The van der Waals surface area contributed by atoms with E-state index in [0.717, 1.165) is 33.3 Å². The number of para-hydroxylation sites is 1. The number of fused-ring (bicyclic) bond motifs is 7. The van der Waals surface area contributed by atoms with Crippen LogP contribution in [0.5, 0.6) is 0 Å². The molecular formula is C31H23NO. The summed E-state index contributed by atoms with van der Waals surface area (Å²) in [5, 5.41) is 3.50. The van der Waals surface area contributed by atoms with Gasteiger partial charge in [-0.15, -0.1) is 0 Å². The highest BCUT2D eigenvalue weighted by Gasteiger charge is 2.35. The van der Waals surface area contributed by atoms with E-state index in [1.807, 2.05) is 6.07 Å². The third-order valence-electron chi connectivity index (χ3n) is 7.36. The molecule has 33 heavy (non-hydrogen) atoms. The van der Waals surface area contributed by atoms with Crippen LogP contribution in [-0.4, -0.2) is 4.98 Å². The molecule has 0 radical (unpaired) electrons. The van der Waals surface area contributed by atoms with Gasteiger partial charge in [-0.1, -0.05) is 62.4 Å². The van der Waals surface area contributed by atoms with Gasteiger partial charge in [0.15, 0.2) is 0 Å². The number of benzene rings is 4. The Morgan fingerprint density at radius 2 is 1.48 bits per heavy atom. The first-order valence-corrected chi connectivity index (χ1v) is 11.5. The highest BCUT2D eigenvalue weighted by molar-refractivity contribution is 6.08. The second kappa shape index (κ2) is 6.32. The smallest absolute Gasteiger partial charge is 0.136 e. The second-order valence-corrected chi connectivity index (χ2v) is 9.72. The minimum absolute atomic E-state index is 0.0181. The molecule has 0 saturated carbocycles. The number of furan rings is 1. The van der Waals surface area contributed by atoms with Gasteiger partial charge < -0.3 is 4.42 Å². The van der Waals surface area contributed by atoms with Crippen molar-refractivity contribution in [3.63, 3.8) is 0 Å². The van der Waals surface area contributed by atoms with Crippen LogP contribution < -0.4 is 0 Å². The van der Waals surface area contributed by atoms with E-state index in [-0.39, 0.29) is 5.41 Å². The first-order chi connectivity index (χ1) is 16.0. The summed E-state index contributed by atoms with van der Waals surface area (Å²) >= 11 is 0. The zero-order valence-corrected chi connectivity index (χ0v) is 18.9. The highest BCUT2D eigenvalue weighted by atomic mass is 16.3. The molecule has 0 fully saturated rings. The lowest BCUT2D eigenvalue weighted by Gasteiger charge is -2.21. The van der Waals surface area contributed by atoms with Crippen molar-refractivity contribution in [3.8, 4) is 22.4 Å². The van der Waals surface area contributed by atoms with Crippen molar-refractivity contribution in [2.24, 2.45) is 0 Å². The molecule has 158 valence electrons. The van der Waals surface area contributed by atoms with Crippen molar-refractivity contribution >= 4 is 32.8 Å². The largest absolute Gasteiger partial charge is 0.456 e. The van der Waals surface area contributed by atoms with Gasteiger partial charge >= 0.3 is 0 Å². The summed E-state index contributed by atoms with van der Waals surface area (Å²) in [6.45, 7) is 6.76. The number of hydrogen-bond acceptors (Lipinski definition) is 2. The summed E-state index contributed by atoms with van der Waals surface area (Å²) in [7, 11) is 0. The summed E-state index contributed by atoms with van der Waals surface area (Å²) in [5.74, 6) is 0. The minimum atomic E-state index is -0.0181. The maximum absolute atomic E-state index is 6.42. The van der Waals surface area contributed by atoms with Gasteiger partial charge in [0, 0.05) is 27.1 Å². The van der Waals surface area contributed by atoms with Crippen molar-refractivity contribution in [1.82, 2.24) is 4.98 Å². The van der Waals surface area contributed by atoms with Crippen molar-refractivity contribution in [1.29, 1.82) is 0 Å². The van der Waals surface area contributed by atoms with Gasteiger partial charge in [0.05, 0.1) is 11.2 Å². The van der Waals surface area contributed by atoms with Gasteiger partial charge in [-0.25, -0.2) is 4.98 Å². The third kappa shape index (κ3) is 2.52. The van der Waals surface area contributed by atoms with E-state index in [4.69, 9.17) is 9.40 Å². The molecule has 1 aliphatic carbocycles. The lowest BCUT2D eigenvalue weighted by atomic mass is 9.82. The maximum atomic E-state index is 6.42. The lowest BCUT2D eigenvalue weighted by molar-refractivity contribution is 0.658. The van der Waals surface area contributed by atoms with Crippen LogP contribution in [0.2, 0.25) is 0 Å². The number of rotatable bonds is 1. The number of aromatic nitrogens is 1. The van der Waals surface area contributed by atoms with Gasteiger partial charge in [-0.3, -0.25) is 0 Å². The van der Waals surface area contributed by atoms with Gasteiger partial charge in [0.1, 0.15) is 11.2 Å². The number of aryl methyl sites for hydroxylation is 1.